The number of pyridine rings is 1. The lowest BCUT2D eigenvalue weighted by molar-refractivity contribution is -0.144. The third-order valence-electron chi connectivity index (χ3n) is 6.35. The van der Waals surface area contributed by atoms with E-state index in [-0.39, 0.29) is 18.3 Å². The molecule has 1 aliphatic rings. The van der Waals surface area contributed by atoms with Crippen LogP contribution in [0, 0.1) is 18.8 Å². The topological polar surface area (TPSA) is 95.3 Å². The molecule has 35 heavy (non-hydrogen) atoms. The third-order valence-corrected chi connectivity index (χ3v) is 6.35. The molecule has 0 saturated heterocycles. The van der Waals surface area contributed by atoms with Crippen molar-refractivity contribution in [2.24, 2.45) is 11.8 Å². The first-order chi connectivity index (χ1) is 16.9. The second kappa shape index (κ2) is 13.3. The van der Waals surface area contributed by atoms with Gasteiger partial charge in [-0.1, -0.05) is 33.1 Å². The van der Waals surface area contributed by atoms with Gasteiger partial charge in [0.2, 0.25) is 0 Å². The van der Waals surface area contributed by atoms with E-state index >= 15 is 0 Å². The van der Waals surface area contributed by atoms with Crippen molar-refractivity contribution in [1.29, 1.82) is 0 Å². The van der Waals surface area contributed by atoms with E-state index in [0.717, 1.165) is 23.4 Å². The van der Waals surface area contributed by atoms with E-state index in [4.69, 9.17) is 9.47 Å². The number of nitrogens with one attached hydrogen (secondary N) is 1. The van der Waals surface area contributed by atoms with Crippen molar-refractivity contribution < 1.29 is 19.1 Å². The maximum absolute atomic E-state index is 12.8. The van der Waals surface area contributed by atoms with E-state index in [2.05, 4.69) is 20.1 Å². The second-order valence-corrected chi connectivity index (χ2v) is 9.75. The molecule has 0 amide bonds. The fourth-order valence-corrected chi connectivity index (χ4v) is 4.42. The lowest BCUT2D eigenvalue weighted by atomic mass is 9.89. The molecule has 1 aliphatic carbocycles. The Morgan fingerprint density at radius 2 is 1.91 bits per heavy atom. The van der Waals surface area contributed by atoms with E-state index < -0.39 is 5.97 Å². The lowest BCUT2D eigenvalue weighted by Gasteiger charge is -2.22. The molecule has 0 aliphatic heterocycles. The smallest absolute Gasteiger partial charge is 0.357 e. The number of rotatable bonds is 12. The number of nitrogens with zero attached hydrogens (tertiary/aromatic N) is 3. The summed E-state index contributed by atoms with van der Waals surface area (Å²) in [5.74, 6) is 0.898. The second-order valence-electron chi connectivity index (χ2n) is 9.75. The minimum atomic E-state index is -0.456. The van der Waals surface area contributed by atoms with Gasteiger partial charge in [-0.3, -0.25) is 9.48 Å². The van der Waals surface area contributed by atoms with E-state index in [0.29, 0.717) is 43.6 Å². The number of carbonyl (C=O) groups is 2. The predicted molar refractivity (Wildman–Crippen MR) is 136 cm³/mol. The van der Waals surface area contributed by atoms with Crippen LogP contribution in [0.3, 0.4) is 0 Å². The van der Waals surface area contributed by atoms with Crippen molar-refractivity contribution in [1.82, 2.24) is 14.8 Å². The van der Waals surface area contributed by atoms with Gasteiger partial charge in [-0.25, -0.2) is 9.78 Å². The first-order valence-corrected chi connectivity index (χ1v) is 13.0. The van der Waals surface area contributed by atoms with Gasteiger partial charge in [-0.2, -0.15) is 5.10 Å². The van der Waals surface area contributed by atoms with Crippen LogP contribution in [-0.4, -0.2) is 46.5 Å². The Hall–Kier alpha value is -2.90. The summed E-state index contributed by atoms with van der Waals surface area (Å²) < 4.78 is 12.6. The maximum atomic E-state index is 12.8. The Morgan fingerprint density at radius 3 is 2.63 bits per heavy atom. The van der Waals surface area contributed by atoms with Crippen LogP contribution in [0.2, 0.25) is 0 Å². The van der Waals surface area contributed by atoms with Gasteiger partial charge in [0.1, 0.15) is 5.82 Å². The van der Waals surface area contributed by atoms with Crippen LogP contribution < -0.4 is 5.32 Å². The maximum Gasteiger partial charge on any atom is 0.357 e. The van der Waals surface area contributed by atoms with Gasteiger partial charge < -0.3 is 14.8 Å². The van der Waals surface area contributed by atoms with E-state index in [1.807, 2.05) is 39.1 Å². The van der Waals surface area contributed by atoms with Crippen molar-refractivity contribution in [3.63, 3.8) is 0 Å². The van der Waals surface area contributed by atoms with Crippen molar-refractivity contribution in [2.75, 3.05) is 25.1 Å². The van der Waals surface area contributed by atoms with Crippen LogP contribution in [0.25, 0.3) is 11.1 Å². The van der Waals surface area contributed by atoms with Gasteiger partial charge in [0.25, 0.3) is 0 Å². The van der Waals surface area contributed by atoms with Gasteiger partial charge in [0, 0.05) is 36.3 Å². The van der Waals surface area contributed by atoms with Gasteiger partial charge >= 0.3 is 11.9 Å². The van der Waals surface area contributed by atoms with Crippen LogP contribution in [0.1, 0.15) is 81.9 Å². The van der Waals surface area contributed by atoms with Crippen LogP contribution in [0.5, 0.6) is 0 Å². The molecule has 0 radical (unpaired) electrons. The van der Waals surface area contributed by atoms with Gasteiger partial charge in [-0.15, -0.1) is 0 Å². The third kappa shape index (κ3) is 7.80. The molecule has 0 atom stereocenters. The average Bonchev–Trinajstić information content (AvgIpc) is 3.20. The number of anilines is 1. The van der Waals surface area contributed by atoms with E-state index in [1.54, 1.807) is 6.92 Å². The molecule has 0 bridgehead atoms. The summed E-state index contributed by atoms with van der Waals surface area (Å²) in [6.45, 7) is 10.0. The van der Waals surface area contributed by atoms with Crippen molar-refractivity contribution in [3.8, 4) is 11.1 Å². The monoisotopic (exact) mass is 484 g/mol. The zero-order chi connectivity index (χ0) is 25.2. The summed E-state index contributed by atoms with van der Waals surface area (Å²) in [5, 5.41) is 7.84. The number of hydrogen-bond donors (Lipinski definition) is 1. The molecule has 2 heterocycles. The average molecular weight is 485 g/mol. The lowest BCUT2D eigenvalue weighted by Crippen LogP contribution is -2.16. The quantitative estimate of drug-likeness (QED) is 0.318. The van der Waals surface area contributed by atoms with Crippen molar-refractivity contribution in [2.45, 2.75) is 79.2 Å². The zero-order valence-electron chi connectivity index (χ0n) is 21.6. The Kier molecular flexibility index (Phi) is 10.1. The standard InChI is InChI=1S/C27H40N4O4/c1-5-34-27(33)26-22(23-16-29-31(20(23)4)17-21-10-7-6-8-11-21)13-14-24(30-26)28-15-9-12-25(32)35-18-19(2)3/h13-14,16,19,21H,5-12,15,17-18H2,1-4H3,(H,28,30). The fourth-order valence-electron chi connectivity index (χ4n) is 4.42. The number of aromatic nitrogens is 3. The normalized spacial score (nSPS) is 14.2. The molecular formula is C27H40N4O4. The molecule has 3 rings (SSSR count). The number of carbonyl (C=O) groups excluding carboxylic acids is 2. The van der Waals surface area contributed by atoms with Crippen molar-refractivity contribution in [3.05, 3.63) is 29.7 Å². The largest absolute Gasteiger partial charge is 0.465 e. The molecule has 0 spiro atoms. The van der Waals surface area contributed by atoms with Gasteiger partial charge in [0.05, 0.1) is 19.4 Å². The van der Waals surface area contributed by atoms with Gasteiger partial charge in [0.15, 0.2) is 5.69 Å². The highest BCUT2D eigenvalue weighted by molar-refractivity contribution is 5.96. The molecule has 2 aromatic heterocycles. The zero-order valence-corrected chi connectivity index (χ0v) is 21.6. The number of hydrogen-bond acceptors (Lipinski definition) is 7. The molecule has 8 heteroatoms. The molecule has 0 aromatic carbocycles. The summed E-state index contributed by atoms with van der Waals surface area (Å²) >= 11 is 0. The number of esters is 2. The van der Waals surface area contributed by atoms with E-state index in [1.165, 1.54) is 32.1 Å². The van der Waals surface area contributed by atoms with Crippen LogP contribution in [0.4, 0.5) is 5.82 Å². The Morgan fingerprint density at radius 1 is 1.14 bits per heavy atom. The molecule has 1 N–H and O–H groups in total. The molecule has 8 nitrogen and oxygen atoms in total. The molecule has 192 valence electrons. The molecule has 1 saturated carbocycles. The number of ether oxygens (including phenoxy) is 2. The van der Waals surface area contributed by atoms with Crippen LogP contribution in [-0.2, 0) is 20.8 Å². The highest BCUT2D eigenvalue weighted by Crippen LogP contribution is 2.30. The molecule has 1 fully saturated rings. The Labute approximate surface area is 208 Å². The van der Waals surface area contributed by atoms with Gasteiger partial charge in [-0.05, 0) is 57.1 Å². The Balaban J connectivity index is 1.69. The first-order valence-electron chi connectivity index (χ1n) is 13.0. The summed E-state index contributed by atoms with van der Waals surface area (Å²) in [6.07, 6.45) is 9.19. The molecular weight excluding hydrogens is 444 g/mol. The SMILES string of the molecule is CCOC(=O)c1nc(NCCCC(=O)OCC(C)C)ccc1-c1cnn(CC2CCCCC2)c1C. The fraction of sp³-hybridized carbons (Fsp3) is 0.630. The molecule has 2 aromatic rings. The summed E-state index contributed by atoms with van der Waals surface area (Å²) in [5.41, 5.74) is 2.92. The van der Waals surface area contributed by atoms with Crippen LogP contribution >= 0.6 is 0 Å². The first kappa shape index (κ1) is 26.7. The highest BCUT2D eigenvalue weighted by atomic mass is 16.5. The summed E-state index contributed by atoms with van der Waals surface area (Å²) in [7, 11) is 0. The summed E-state index contributed by atoms with van der Waals surface area (Å²) in [6, 6.07) is 3.75. The predicted octanol–water partition coefficient (Wildman–Crippen LogP) is 5.40. The highest BCUT2D eigenvalue weighted by Gasteiger charge is 2.22. The van der Waals surface area contributed by atoms with Crippen LogP contribution in [0.15, 0.2) is 18.3 Å². The minimum Gasteiger partial charge on any atom is -0.465 e. The molecule has 0 unspecified atom stereocenters. The van der Waals surface area contributed by atoms with Crippen molar-refractivity contribution >= 4 is 17.8 Å². The Bertz CT molecular complexity index is 980. The minimum absolute atomic E-state index is 0.197. The summed E-state index contributed by atoms with van der Waals surface area (Å²) in [4.78, 5) is 29.1. The van der Waals surface area contributed by atoms with E-state index in [9.17, 15) is 9.59 Å².